The van der Waals surface area contributed by atoms with Crippen molar-refractivity contribution in [2.75, 3.05) is 18.5 Å². The summed E-state index contributed by atoms with van der Waals surface area (Å²) in [5.74, 6) is 0. The van der Waals surface area contributed by atoms with Crippen LogP contribution in [0.4, 0.5) is 11.4 Å². The van der Waals surface area contributed by atoms with Crippen LogP contribution >= 0.6 is 0 Å². The number of benzene rings is 2. The minimum absolute atomic E-state index is 0.113. The Bertz CT molecular complexity index is 936. The molecule has 0 heterocycles. The minimum atomic E-state index is -3.78. The average Bonchev–Trinajstić information content (AvgIpc) is 2.64. The Morgan fingerprint density at radius 1 is 1.15 bits per heavy atom. The molecule has 0 aliphatic heterocycles. The lowest BCUT2D eigenvalue weighted by atomic mass is 10.2. The maximum atomic E-state index is 12.6. The van der Waals surface area contributed by atoms with Gasteiger partial charge in [-0.15, -0.1) is 0 Å². The summed E-state index contributed by atoms with van der Waals surface area (Å²) in [7, 11) is -3.78. The molecule has 0 fully saturated rings. The number of aryl methyl sites for hydroxylation is 1. The zero-order valence-electron chi connectivity index (χ0n) is 15.4. The largest absolute Gasteiger partial charge is 0.295 e. The number of nitro groups is 1. The van der Waals surface area contributed by atoms with Gasteiger partial charge in [-0.1, -0.05) is 43.7 Å². The van der Waals surface area contributed by atoms with Crippen LogP contribution in [0.3, 0.4) is 0 Å². The SMILES string of the molecule is CCN(CC)S(=O)(=O)c1ccc(N/N=C\c2ccc(C)cc2)c([N+](=O)[O-])c1. The molecule has 0 atom stereocenters. The van der Waals surface area contributed by atoms with Gasteiger partial charge in [-0.2, -0.15) is 9.41 Å². The first-order valence-electron chi connectivity index (χ1n) is 8.44. The molecule has 2 rings (SSSR count). The maximum absolute atomic E-state index is 12.6. The Morgan fingerprint density at radius 3 is 2.33 bits per heavy atom. The van der Waals surface area contributed by atoms with Crippen molar-refractivity contribution < 1.29 is 13.3 Å². The van der Waals surface area contributed by atoms with Crippen LogP contribution in [0.25, 0.3) is 0 Å². The fourth-order valence-electron chi connectivity index (χ4n) is 2.46. The van der Waals surface area contributed by atoms with Gasteiger partial charge in [-0.3, -0.25) is 15.5 Å². The quantitative estimate of drug-likeness (QED) is 0.423. The van der Waals surface area contributed by atoms with E-state index >= 15 is 0 Å². The van der Waals surface area contributed by atoms with Crippen molar-refractivity contribution >= 4 is 27.6 Å². The van der Waals surface area contributed by atoms with E-state index in [1.165, 1.54) is 22.7 Å². The van der Waals surface area contributed by atoms with Gasteiger partial charge in [0.2, 0.25) is 10.0 Å². The predicted molar refractivity (Wildman–Crippen MR) is 106 cm³/mol. The van der Waals surface area contributed by atoms with Crippen molar-refractivity contribution in [3.63, 3.8) is 0 Å². The van der Waals surface area contributed by atoms with Crippen LogP contribution in [0.5, 0.6) is 0 Å². The molecule has 0 saturated heterocycles. The molecule has 0 amide bonds. The van der Waals surface area contributed by atoms with Gasteiger partial charge >= 0.3 is 0 Å². The number of nitrogens with one attached hydrogen (secondary N) is 1. The van der Waals surface area contributed by atoms with Crippen molar-refractivity contribution in [3.05, 3.63) is 63.7 Å². The van der Waals surface area contributed by atoms with Crippen LogP contribution < -0.4 is 5.43 Å². The van der Waals surface area contributed by atoms with E-state index in [1.807, 2.05) is 31.2 Å². The van der Waals surface area contributed by atoms with E-state index in [1.54, 1.807) is 13.8 Å². The van der Waals surface area contributed by atoms with E-state index in [2.05, 4.69) is 10.5 Å². The topological polar surface area (TPSA) is 105 Å². The van der Waals surface area contributed by atoms with Gasteiger partial charge in [0.15, 0.2) is 0 Å². The van der Waals surface area contributed by atoms with Crippen LogP contribution in [0.1, 0.15) is 25.0 Å². The van der Waals surface area contributed by atoms with E-state index in [9.17, 15) is 18.5 Å². The lowest BCUT2D eigenvalue weighted by molar-refractivity contribution is -0.384. The molecular formula is C18H22N4O4S. The minimum Gasteiger partial charge on any atom is -0.272 e. The number of nitrogens with zero attached hydrogens (tertiary/aromatic N) is 3. The highest BCUT2D eigenvalue weighted by molar-refractivity contribution is 7.89. The Balaban J connectivity index is 2.30. The highest BCUT2D eigenvalue weighted by atomic mass is 32.2. The first kappa shape index (κ1) is 20.5. The highest BCUT2D eigenvalue weighted by Crippen LogP contribution is 2.29. The van der Waals surface area contributed by atoms with E-state index < -0.39 is 14.9 Å². The van der Waals surface area contributed by atoms with Crippen molar-refractivity contribution in [1.82, 2.24) is 4.31 Å². The first-order valence-corrected chi connectivity index (χ1v) is 9.88. The molecule has 8 nitrogen and oxygen atoms in total. The predicted octanol–water partition coefficient (Wildman–Crippen LogP) is 3.38. The van der Waals surface area contributed by atoms with Crippen molar-refractivity contribution in [2.45, 2.75) is 25.7 Å². The Labute approximate surface area is 158 Å². The second-order valence-corrected chi connectivity index (χ2v) is 7.74. The smallest absolute Gasteiger partial charge is 0.272 e. The second kappa shape index (κ2) is 8.74. The molecule has 0 aliphatic carbocycles. The Kier molecular flexibility index (Phi) is 6.65. The number of hydrazone groups is 1. The summed E-state index contributed by atoms with van der Waals surface area (Å²) in [6.07, 6.45) is 1.53. The second-order valence-electron chi connectivity index (χ2n) is 5.81. The van der Waals surface area contributed by atoms with Gasteiger partial charge in [0, 0.05) is 19.2 Å². The van der Waals surface area contributed by atoms with Crippen molar-refractivity contribution in [3.8, 4) is 0 Å². The molecule has 144 valence electrons. The van der Waals surface area contributed by atoms with Crippen molar-refractivity contribution in [1.29, 1.82) is 0 Å². The fourth-order valence-corrected chi connectivity index (χ4v) is 3.94. The van der Waals surface area contributed by atoms with Gasteiger partial charge in [0.1, 0.15) is 5.69 Å². The van der Waals surface area contributed by atoms with Gasteiger partial charge in [0.25, 0.3) is 5.69 Å². The number of hydrogen-bond acceptors (Lipinski definition) is 6. The maximum Gasteiger partial charge on any atom is 0.295 e. The van der Waals surface area contributed by atoms with Gasteiger partial charge in [-0.05, 0) is 24.6 Å². The van der Waals surface area contributed by atoms with Gasteiger partial charge < -0.3 is 0 Å². The molecule has 0 radical (unpaired) electrons. The summed E-state index contributed by atoms with van der Waals surface area (Å²) in [5.41, 5.74) is 4.31. The van der Waals surface area contributed by atoms with E-state index in [0.717, 1.165) is 17.2 Å². The first-order chi connectivity index (χ1) is 12.8. The molecule has 9 heteroatoms. The van der Waals surface area contributed by atoms with Crippen LogP contribution in [-0.2, 0) is 10.0 Å². The normalized spacial score (nSPS) is 11.9. The number of sulfonamides is 1. The van der Waals surface area contributed by atoms with Gasteiger partial charge in [0.05, 0.1) is 16.0 Å². The molecule has 0 aromatic heterocycles. The van der Waals surface area contributed by atoms with Crippen LogP contribution in [0, 0.1) is 17.0 Å². The van der Waals surface area contributed by atoms with Crippen LogP contribution in [0.15, 0.2) is 52.5 Å². The van der Waals surface area contributed by atoms with E-state index in [4.69, 9.17) is 0 Å². The van der Waals surface area contributed by atoms with E-state index in [0.29, 0.717) is 0 Å². The number of nitro benzene ring substituents is 1. The molecule has 0 bridgehead atoms. The highest BCUT2D eigenvalue weighted by Gasteiger charge is 2.25. The van der Waals surface area contributed by atoms with Crippen LogP contribution in [-0.4, -0.2) is 37.0 Å². The number of rotatable bonds is 8. The third-order valence-corrected chi connectivity index (χ3v) is 6.03. The molecule has 0 saturated carbocycles. The summed E-state index contributed by atoms with van der Waals surface area (Å²) in [6.45, 7) is 5.97. The van der Waals surface area contributed by atoms with Gasteiger partial charge in [-0.25, -0.2) is 8.42 Å². The Hall–Kier alpha value is -2.78. The number of hydrogen-bond donors (Lipinski definition) is 1. The zero-order valence-corrected chi connectivity index (χ0v) is 16.2. The summed E-state index contributed by atoms with van der Waals surface area (Å²) in [4.78, 5) is 10.6. The fraction of sp³-hybridized carbons (Fsp3) is 0.278. The van der Waals surface area contributed by atoms with E-state index in [-0.39, 0.29) is 29.4 Å². The standard InChI is InChI=1S/C18H22N4O4S/c1-4-21(5-2)27(25,26)16-10-11-17(18(12-16)22(23)24)20-19-13-15-8-6-14(3)7-9-15/h6-13,20H,4-5H2,1-3H3/b19-13-. The third-order valence-electron chi connectivity index (χ3n) is 3.99. The average molecular weight is 390 g/mol. The Morgan fingerprint density at radius 2 is 1.78 bits per heavy atom. The molecule has 0 spiro atoms. The molecular weight excluding hydrogens is 368 g/mol. The van der Waals surface area contributed by atoms with Crippen LogP contribution in [0.2, 0.25) is 0 Å². The zero-order chi connectivity index (χ0) is 20.0. The summed E-state index contributed by atoms with van der Waals surface area (Å²) < 4.78 is 26.4. The molecule has 0 aliphatic rings. The van der Waals surface area contributed by atoms with Crippen molar-refractivity contribution in [2.24, 2.45) is 5.10 Å². The number of anilines is 1. The summed E-state index contributed by atoms with van der Waals surface area (Å²) >= 11 is 0. The molecule has 27 heavy (non-hydrogen) atoms. The lowest BCUT2D eigenvalue weighted by Gasteiger charge is -2.18. The summed E-state index contributed by atoms with van der Waals surface area (Å²) in [5, 5.41) is 15.4. The molecule has 0 unspecified atom stereocenters. The molecule has 2 aromatic carbocycles. The monoisotopic (exact) mass is 390 g/mol. The summed E-state index contributed by atoms with van der Waals surface area (Å²) in [6, 6.07) is 11.3. The molecule has 2 aromatic rings. The lowest BCUT2D eigenvalue weighted by Crippen LogP contribution is -2.30. The molecule has 1 N–H and O–H groups in total. The third kappa shape index (κ3) is 4.89.